The maximum Gasteiger partial charge on any atom is 0.296 e. The zero-order valence-electron chi connectivity index (χ0n) is 24.4. The number of anilines is 1. The maximum atomic E-state index is 13.6. The van der Waals surface area contributed by atoms with E-state index in [1.807, 2.05) is 13.8 Å². The zero-order chi connectivity index (χ0) is 30.5. The highest BCUT2D eigenvalue weighted by Gasteiger charge is 2.47. The highest BCUT2D eigenvalue weighted by molar-refractivity contribution is 8.00. The number of hydrogen-bond donors (Lipinski definition) is 1. The highest BCUT2D eigenvalue weighted by Crippen LogP contribution is 2.45. The third-order valence-electron chi connectivity index (χ3n) is 6.82. The third-order valence-corrected chi connectivity index (χ3v) is 8.95. The SMILES string of the molecule is CCOc1cc(C2C(C(=O)c3ccco3)=C(O)C(=O)N2c2nnc(SCc3ccc(C)cc3)s2)ccc1OCCC(C)C. The van der Waals surface area contributed by atoms with Gasteiger partial charge in [0, 0.05) is 5.75 Å². The minimum Gasteiger partial charge on any atom is -0.503 e. The smallest absolute Gasteiger partial charge is 0.296 e. The van der Waals surface area contributed by atoms with Crippen LogP contribution < -0.4 is 14.4 Å². The maximum absolute atomic E-state index is 13.6. The molecule has 0 spiro atoms. The van der Waals surface area contributed by atoms with Crippen molar-refractivity contribution in [2.45, 2.75) is 50.3 Å². The van der Waals surface area contributed by atoms with Gasteiger partial charge >= 0.3 is 0 Å². The first kappa shape index (κ1) is 30.4. The third kappa shape index (κ3) is 6.78. The van der Waals surface area contributed by atoms with Gasteiger partial charge in [-0.15, -0.1) is 10.2 Å². The fraction of sp³-hybridized carbons (Fsp3) is 0.312. The molecule has 1 amide bonds. The van der Waals surface area contributed by atoms with E-state index < -0.39 is 23.5 Å². The Labute approximate surface area is 258 Å². The lowest BCUT2D eigenvalue weighted by Gasteiger charge is -2.25. The molecule has 3 heterocycles. The van der Waals surface area contributed by atoms with Gasteiger partial charge in [0.1, 0.15) is 0 Å². The molecule has 1 aliphatic heterocycles. The number of hydrogen-bond acceptors (Lipinski definition) is 10. The molecular formula is C32H33N3O6S2. The number of aliphatic hydroxyl groups excluding tert-OH is 1. The van der Waals surface area contributed by atoms with E-state index in [-0.39, 0.29) is 16.5 Å². The van der Waals surface area contributed by atoms with Crippen molar-refractivity contribution in [2.24, 2.45) is 5.92 Å². The first-order valence-electron chi connectivity index (χ1n) is 14.0. The largest absolute Gasteiger partial charge is 0.503 e. The van der Waals surface area contributed by atoms with Crippen LogP contribution in [0.15, 0.2) is 80.9 Å². The van der Waals surface area contributed by atoms with Gasteiger partial charge in [0.15, 0.2) is 27.4 Å². The minimum atomic E-state index is -1.00. The van der Waals surface area contributed by atoms with Crippen molar-refractivity contribution in [2.75, 3.05) is 18.1 Å². The minimum absolute atomic E-state index is 0.00600. The molecule has 0 radical (unpaired) electrons. The molecule has 5 rings (SSSR count). The molecule has 1 aliphatic rings. The summed E-state index contributed by atoms with van der Waals surface area (Å²) in [6, 6.07) is 15.6. The number of thioether (sulfide) groups is 1. The van der Waals surface area contributed by atoms with Gasteiger partial charge in [-0.1, -0.05) is 72.8 Å². The Morgan fingerprint density at radius 1 is 1.12 bits per heavy atom. The van der Waals surface area contributed by atoms with E-state index >= 15 is 0 Å². The van der Waals surface area contributed by atoms with Crippen LogP contribution in [0.25, 0.3) is 0 Å². The lowest BCUT2D eigenvalue weighted by atomic mass is 9.95. The molecule has 9 nitrogen and oxygen atoms in total. The molecular weight excluding hydrogens is 587 g/mol. The van der Waals surface area contributed by atoms with Crippen LogP contribution in [0, 0.1) is 12.8 Å². The Kier molecular flexibility index (Phi) is 9.52. The van der Waals surface area contributed by atoms with Crippen LogP contribution in [-0.4, -0.2) is 40.2 Å². The van der Waals surface area contributed by atoms with Crippen molar-refractivity contribution in [1.82, 2.24) is 10.2 Å². The van der Waals surface area contributed by atoms with E-state index in [1.165, 1.54) is 45.9 Å². The van der Waals surface area contributed by atoms with Gasteiger partial charge in [-0.2, -0.15) is 0 Å². The lowest BCUT2D eigenvalue weighted by Crippen LogP contribution is -2.31. The number of aromatic nitrogens is 2. The summed E-state index contributed by atoms with van der Waals surface area (Å²) in [6.07, 6.45) is 2.24. The number of ether oxygens (including phenoxy) is 2. The standard InChI is InChI=1S/C32H33N3O6S2/c1-5-39-25-17-22(12-13-23(25)41-16-14-19(2)3)27-26(28(36)24-7-6-15-40-24)29(37)30(38)35(27)31-33-34-32(43-31)42-18-21-10-8-20(4)9-11-21/h6-13,15,17,19,27,37H,5,14,16,18H2,1-4H3. The second-order valence-electron chi connectivity index (χ2n) is 10.4. The van der Waals surface area contributed by atoms with Crippen LogP contribution in [0.3, 0.4) is 0 Å². The first-order chi connectivity index (χ1) is 20.8. The number of aliphatic hydroxyl groups is 1. The summed E-state index contributed by atoms with van der Waals surface area (Å²) in [5, 5.41) is 19.9. The zero-order valence-corrected chi connectivity index (χ0v) is 26.0. The Balaban J connectivity index is 1.50. The number of furan rings is 1. The molecule has 224 valence electrons. The molecule has 1 N–H and O–H groups in total. The van der Waals surface area contributed by atoms with Crippen LogP contribution in [0.2, 0.25) is 0 Å². The van der Waals surface area contributed by atoms with Crippen molar-refractivity contribution < 1.29 is 28.6 Å². The normalized spacial score (nSPS) is 15.0. The molecule has 1 atom stereocenters. The first-order valence-corrected chi connectivity index (χ1v) is 15.8. The van der Waals surface area contributed by atoms with Crippen molar-refractivity contribution >= 4 is 39.9 Å². The summed E-state index contributed by atoms with van der Waals surface area (Å²) in [5.41, 5.74) is 2.74. The molecule has 11 heteroatoms. The predicted octanol–water partition coefficient (Wildman–Crippen LogP) is 7.34. The van der Waals surface area contributed by atoms with Crippen molar-refractivity contribution in [3.8, 4) is 11.5 Å². The van der Waals surface area contributed by atoms with Gasteiger partial charge in [-0.05, 0) is 61.6 Å². The van der Waals surface area contributed by atoms with E-state index in [9.17, 15) is 14.7 Å². The topological polar surface area (TPSA) is 115 Å². The summed E-state index contributed by atoms with van der Waals surface area (Å²) < 4.78 is 17.9. The second-order valence-corrected chi connectivity index (χ2v) is 12.6. The number of carbonyl (C=O) groups is 2. The molecule has 0 bridgehead atoms. The monoisotopic (exact) mass is 619 g/mol. The number of nitrogens with zero attached hydrogens (tertiary/aromatic N) is 3. The van der Waals surface area contributed by atoms with E-state index in [4.69, 9.17) is 13.9 Å². The van der Waals surface area contributed by atoms with Gasteiger partial charge in [0.2, 0.25) is 10.9 Å². The molecule has 0 fully saturated rings. The molecule has 43 heavy (non-hydrogen) atoms. The molecule has 4 aromatic rings. The summed E-state index contributed by atoms with van der Waals surface area (Å²) >= 11 is 2.71. The van der Waals surface area contributed by atoms with Gasteiger partial charge < -0.3 is 19.0 Å². The van der Waals surface area contributed by atoms with Crippen molar-refractivity contribution in [3.05, 3.63) is 94.6 Å². The van der Waals surface area contributed by atoms with Gasteiger partial charge in [-0.3, -0.25) is 14.5 Å². The molecule has 0 saturated carbocycles. The van der Waals surface area contributed by atoms with Crippen molar-refractivity contribution in [3.63, 3.8) is 0 Å². The lowest BCUT2D eigenvalue weighted by molar-refractivity contribution is -0.117. The quantitative estimate of drug-likeness (QED) is 0.0932. The average Bonchev–Trinajstić information content (AvgIpc) is 3.74. The van der Waals surface area contributed by atoms with E-state index in [0.717, 1.165) is 12.0 Å². The van der Waals surface area contributed by atoms with Crippen LogP contribution in [0.1, 0.15) is 60.5 Å². The summed E-state index contributed by atoms with van der Waals surface area (Å²) in [5.74, 6) is 0.172. The Morgan fingerprint density at radius 3 is 2.60 bits per heavy atom. The second kappa shape index (κ2) is 13.5. The molecule has 0 saturated heterocycles. The number of rotatable bonds is 13. The number of ketones is 1. The summed E-state index contributed by atoms with van der Waals surface area (Å²) in [4.78, 5) is 28.5. The predicted molar refractivity (Wildman–Crippen MR) is 166 cm³/mol. The molecule has 1 unspecified atom stereocenters. The van der Waals surface area contributed by atoms with Gasteiger partial charge in [0.05, 0.1) is 31.1 Å². The molecule has 0 aliphatic carbocycles. The van der Waals surface area contributed by atoms with Crippen LogP contribution in [-0.2, 0) is 10.5 Å². The average molecular weight is 620 g/mol. The number of aryl methyl sites for hydroxylation is 1. The van der Waals surface area contributed by atoms with Gasteiger partial charge in [0.25, 0.3) is 5.91 Å². The van der Waals surface area contributed by atoms with Crippen molar-refractivity contribution in [1.29, 1.82) is 0 Å². The fourth-order valence-corrected chi connectivity index (χ4v) is 6.39. The Hall–Kier alpha value is -4.09. The number of Topliss-reactive ketones (excluding diaryl/α,β-unsaturated/α-hetero) is 1. The number of carbonyl (C=O) groups excluding carboxylic acids is 2. The Bertz CT molecular complexity index is 1610. The molecule has 2 aromatic carbocycles. The van der Waals surface area contributed by atoms with E-state index in [0.29, 0.717) is 46.3 Å². The fourth-order valence-electron chi connectivity index (χ4n) is 4.56. The van der Waals surface area contributed by atoms with E-state index in [2.05, 4.69) is 48.3 Å². The number of amides is 1. The van der Waals surface area contributed by atoms with Crippen LogP contribution >= 0.6 is 23.1 Å². The van der Waals surface area contributed by atoms with Crippen LogP contribution in [0.4, 0.5) is 5.13 Å². The van der Waals surface area contributed by atoms with E-state index in [1.54, 1.807) is 24.3 Å². The number of benzene rings is 2. The molecule has 2 aromatic heterocycles. The Morgan fingerprint density at radius 2 is 1.91 bits per heavy atom. The van der Waals surface area contributed by atoms with Crippen LogP contribution in [0.5, 0.6) is 11.5 Å². The summed E-state index contributed by atoms with van der Waals surface area (Å²) in [6.45, 7) is 9.05. The summed E-state index contributed by atoms with van der Waals surface area (Å²) in [7, 11) is 0. The van der Waals surface area contributed by atoms with Gasteiger partial charge in [-0.25, -0.2) is 0 Å². The highest BCUT2D eigenvalue weighted by atomic mass is 32.2.